The third-order valence-corrected chi connectivity index (χ3v) is 19.3. The third kappa shape index (κ3) is 37.3. The minimum absolute atomic E-state index is 0.237. The molecule has 19 nitrogen and oxygen atoms in total. The van der Waals surface area contributed by atoms with Crippen molar-refractivity contribution in [2.75, 3.05) is 26.4 Å². The van der Waals surface area contributed by atoms with Crippen molar-refractivity contribution in [3.8, 4) is 0 Å². The van der Waals surface area contributed by atoms with Crippen LogP contribution in [0.2, 0.25) is 0 Å². The maximum absolute atomic E-state index is 13.4. The fourth-order valence-corrected chi connectivity index (χ4v) is 13.1. The van der Waals surface area contributed by atoms with E-state index in [2.05, 4.69) is 43.5 Å². The minimum Gasteiger partial charge on any atom is -0.394 e. The summed E-state index contributed by atoms with van der Waals surface area (Å²) in [4.78, 5) is 13.4. The van der Waals surface area contributed by atoms with E-state index in [-0.39, 0.29) is 18.9 Å². The predicted molar refractivity (Wildman–Crippen MR) is 365 cm³/mol. The zero-order valence-corrected chi connectivity index (χ0v) is 58.3. The molecule has 0 spiro atoms. The van der Waals surface area contributed by atoms with E-state index in [0.717, 1.165) is 51.4 Å². The van der Waals surface area contributed by atoms with Crippen LogP contribution in [-0.4, -0.2) is 193 Å². The Hall–Kier alpha value is -1.73. The molecule has 0 aromatic rings. The average Bonchev–Trinajstić information content (AvgIpc) is 0.902. The molecule has 17 atom stereocenters. The second kappa shape index (κ2) is 56.1. The molecular formula is C74H139NO18. The van der Waals surface area contributed by atoms with Crippen LogP contribution in [0.4, 0.5) is 0 Å². The van der Waals surface area contributed by atoms with E-state index < -0.39 is 124 Å². The zero-order valence-electron chi connectivity index (χ0n) is 58.3. The van der Waals surface area contributed by atoms with Crippen LogP contribution in [0.25, 0.3) is 0 Å². The van der Waals surface area contributed by atoms with Crippen molar-refractivity contribution in [1.29, 1.82) is 0 Å². The first-order valence-corrected chi connectivity index (χ1v) is 38.1. The number of aliphatic hydroxyl groups excluding tert-OH is 11. The number of amides is 1. The highest BCUT2D eigenvalue weighted by molar-refractivity contribution is 5.76. The Morgan fingerprint density at radius 2 is 0.710 bits per heavy atom. The van der Waals surface area contributed by atoms with Gasteiger partial charge in [-0.3, -0.25) is 4.79 Å². The number of nitrogens with one attached hydrogen (secondary N) is 1. The summed E-state index contributed by atoms with van der Waals surface area (Å²) in [5, 5.41) is 121. The Balaban J connectivity index is 1.34. The monoisotopic (exact) mass is 1330 g/mol. The molecule has 3 rings (SSSR count). The van der Waals surface area contributed by atoms with Gasteiger partial charge in [0, 0.05) is 6.42 Å². The van der Waals surface area contributed by atoms with Gasteiger partial charge < -0.3 is 89.9 Å². The van der Waals surface area contributed by atoms with Crippen molar-refractivity contribution < 1.29 is 89.4 Å². The molecule has 0 aromatic heterocycles. The smallest absolute Gasteiger partial charge is 0.220 e. The Morgan fingerprint density at radius 3 is 1.10 bits per heavy atom. The normalized spacial score (nSPS) is 27.6. The molecule has 12 N–H and O–H groups in total. The number of aliphatic hydroxyl groups is 11. The summed E-state index contributed by atoms with van der Waals surface area (Å²) < 4.78 is 34.5. The number of carbonyl (C=O) groups excluding carboxylic acids is 1. The molecule has 0 aromatic carbocycles. The van der Waals surface area contributed by atoms with Gasteiger partial charge in [0.15, 0.2) is 18.9 Å². The molecule has 0 aliphatic carbocycles. The minimum atomic E-state index is -1.97. The fraction of sp³-hybridized carbons (Fsp3) is 0.932. The first-order valence-electron chi connectivity index (χ1n) is 38.1. The van der Waals surface area contributed by atoms with Gasteiger partial charge in [0.1, 0.15) is 73.2 Å². The second-order valence-electron chi connectivity index (χ2n) is 27.5. The highest BCUT2D eigenvalue weighted by atomic mass is 16.8. The number of hydrogen-bond acceptors (Lipinski definition) is 18. The molecule has 0 bridgehead atoms. The predicted octanol–water partition coefficient (Wildman–Crippen LogP) is 11.4. The van der Waals surface area contributed by atoms with Gasteiger partial charge in [-0.15, -0.1) is 0 Å². The molecule has 0 saturated carbocycles. The maximum Gasteiger partial charge on any atom is 0.220 e. The lowest BCUT2D eigenvalue weighted by Gasteiger charge is -2.48. The zero-order chi connectivity index (χ0) is 67.5. The first-order chi connectivity index (χ1) is 45.3. The van der Waals surface area contributed by atoms with Crippen LogP contribution in [0.3, 0.4) is 0 Å². The van der Waals surface area contributed by atoms with E-state index in [9.17, 15) is 61.0 Å². The van der Waals surface area contributed by atoms with E-state index in [1.807, 2.05) is 0 Å². The summed E-state index contributed by atoms with van der Waals surface area (Å²) in [7, 11) is 0. The van der Waals surface area contributed by atoms with Crippen LogP contribution in [-0.2, 0) is 33.2 Å². The molecule has 19 heteroatoms. The SMILES string of the molecule is CCCCCCC/C=C\C/C=C\CCCCCCCCCCCCCCCCCCCCCCCC(=O)NC(COC1OC(CO)C(OC2OC(CO)C(OC3OC(CO)C(O)C(O)C3O)C(O)C2O)C(O)C1O)C(O)CCCCCCCCCCCCCCCCC. The molecule has 3 heterocycles. The maximum atomic E-state index is 13.4. The molecule has 0 radical (unpaired) electrons. The number of carbonyl (C=O) groups is 1. The Kier molecular flexibility index (Phi) is 51.5. The molecule has 3 aliphatic rings. The van der Waals surface area contributed by atoms with E-state index in [1.165, 1.54) is 225 Å². The van der Waals surface area contributed by atoms with E-state index in [0.29, 0.717) is 12.8 Å². The lowest BCUT2D eigenvalue weighted by atomic mass is 9.96. The second-order valence-corrected chi connectivity index (χ2v) is 27.5. The Morgan fingerprint density at radius 1 is 0.387 bits per heavy atom. The standard InChI is InChI=1S/C74H139NO18/c1-3-5-7-9-11-13-15-17-19-20-21-22-23-24-25-26-27-28-29-30-31-32-33-34-35-36-38-40-42-44-46-48-50-52-62(80)75-57(58(79)51-49-47-45-43-41-39-37-18-16-14-12-10-8-6-4-2)56-88-72-68(86)65(83)70(60(54-77)90-72)93-74-69(87)66(84)71(61(55-78)91-74)92-73-67(85)64(82)63(81)59(53-76)89-73/h15,17,20-21,57-61,63-74,76-79,81-87H,3-14,16,18-19,22-56H2,1-2H3,(H,75,80)/b17-15-,21-20-. The lowest BCUT2D eigenvalue weighted by molar-refractivity contribution is -0.379. The molecular weight excluding hydrogens is 1190 g/mol. The summed E-state index contributed by atoms with van der Waals surface area (Å²) in [6.07, 6.45) is 38.5. The van der Waals surface area contributed by atoms with Gasteiger partial charge in [-0.25, -0.2) is 0 Å². The first kappa shape index (κ1) is 85.5. The van der Waals surface area contributed by atoms with E-state index in [4.69, 9.17) is 28.4 Å². The highest BCUT2D eigenvalue weighted by Gasteiger charge is 2.53. The fourth-order valence-electron chi connectivity index (χ4n) is 13.1. The summed E-state index contributed by atoms with van der Waals surface area (Å²) >= 11 is 0. The molecule has 3 fully saturated rings. The van der Waals surface area contributed by atoms with Crippen LogP contribution in [0.5, 0.6) is 0 Å². The summed E-state index contributed by atoms with van der Waals surface area (Å²) in [5.41, 5.74) is 0. The van der Waals surface area contributed by atoms with Gasteiger partial charge in [0.25, 0.3) is 0 Å². The molecule has 3 aliphatic heterocycles. The Bertz CT molecular complexity index is 1780. The van der Waals surface area contributed by atoms with Gasteiger partial charge in [0.2, 0.25) is 5.91 Å². The van der Waals surface area contributed by atoms with E-state index in [1.54, 1.807) is 0 Å². The van der Waals surface area contributed by atoms with Gasteiger partial charge in [-0.1, -0.05) is 282 Å². The van der Waals surface area contributed by atoms with Gasteiger partial charge in [0.05, 0.1) is 38.6 Å². The van der Waals surface area contributed by atoms with Crippen LogP contribution >= 0.6 is 0 Å². The molecule has 548 valence electrons. The topological polar surface area (TPSA) is 307 Å². The number of rotatable bonds is 60. The van der Waals surface area contributed by atoms with Crippen molar-refractivity contribution in [1.82, 2.24) is 5.32 Å². The van der Waals surface area contributed by atoms with Crippen molar-refractivity contribution in [2.45, 2.75) is 413 Å². The third-order valence-electron chi connectivity index (χ3n) is 19.3. The number of ether oxygens (including phenoxy) is 6. The molecule has 93 heavy (non-hydrogen) atoms. The quantitative estimate of drug-likeness (QED) is 0.0199. The number of hydrogen-bond donors (Lipinski definition) is 12. The van der Waals surface area contributed by atoms with Gasteiger partial charge >= 0.3 is 0 Å². The van der Waals surface area contributed by atoms with Crippen molar-refractivity contribution in [2.24, 2.45) is 0 Å². The largest absolute Gasteiger partial charge is 0.394 e. The Labute approximate surface area is 562 Å². The molecule has 17 unspecified atom stereocenters. The molecule has 3 saturated heterocycles. The van der Waals surface area contributed by atoms with Gasteiger partial charge in [-0.2, -0.15) is 0 Å². The van der Waals surface area contributed by atoms with Crippen LogP contribution in [0.1, 0.15) is 309 Å². The van der Waals surface area contributed by atoms with E-state index >= 15 is 0 Å². The molecule has 1 amide bonds. The van der Waals surface area contributed by atoms with Crippen molar-refractivity contribution in [3.63, 3.8) is 0 Å². The highest BCUT2D eigenvalue weighted by Crippen LogP contribution is 2.33. The van der Waals surface area contributed by atoms with Crippen LogP contribution < -0.4 is 5.32 Å². The number of unbranched alkanes of at least 4 members (excludes halogenated alkanes) is 40. The van der Waals surface area contributed by atoms with Crippen LogP contribution in [0.15, 0.2) is 24.3 Å². The van der Waals surface area contributed by atoms with Crippen LogP contribution in [0, 0.1) is 0 Å². The summed E-state index contributed by atoms with van der Waals surface area (Å²) in [5.74, 6) is -0.237. The van der Waals surface area contributed by atoms with Gasteiger partial charge in [-0.05, 0) is 44.9 Å². The van der Waals surface area contributed by atoms with Crippen molar-refractivity contribution in [3.05, 3.63) is 24.3 Å². The lowest BCUT2D eigenvalue weighted by Crippen LogP contribution is -2.66. The summed E-state index contributed by atoms with van der Waals surface area (Å²) in [6.45, 7) is 1.82. The average molecular weight is 1330 g/mol. The van der Waals surface area contributed by atoms with Crippen molar-refractivity contribution >= 4 is 5.91 Å². The summed E-state index contributed by atoms with van der Waals surface area (Å²) in [6, 6.07) is -0.884. The number of allylic oxidation sites excluding steroid dienone is 4.